The molecule has 0 aliphatic carbocycles. The van der Waals surface area contributed by atoms with Crippen molar-refractivity contribution in [1.29, 1.82) is 0 Å². The van der Waals surface area contributed by atoms with E-state index in [0.29, 0.717) is 6.42 Å². The van der Waals surface area contributed by atoms with Gasteiger partial charge in [0.25, 0.3) is 0 Å². The monoisotopic (exact) mass is 349 g/mol. The second-order valence-electron chi connectivity index (χ2n) is 5.94. The fraction of sp³-hybridized carbons (Fsp3) is 0.316. The largest absolute Gasteiger partial charge is 0.435 e. The second-order valence-corrected chi connectivity index (χ2v) is 5.94. The Balaban J connectivity index is 1.79. The van der Waals surface area contributed by atoms with Gasteiger partial charge in [-0.3, -0.25) is 4.79 Å². The molecule has 2 N–H and O–H groups in total. The van der Waals surface area contributed by atoms with Crippen molar-refractivity contribution in [3.63, 3.8) is 0 Å². The molecule has 2 rings (SSSR count). The van der Waals surface area contributed by atoms with E-state index in [1.54, 1.807) is 31.2 Å². The summed E-state index contributed by atoms with van der Waals surface area (Å²) in [7, 11) is 0. The molecule has 0 aliphatic heterocycles. The third-order valence-electron chi connectivity index (χ3n) is 3.81. The van der Waals surface area contributed by atoms with Crippen molar-refractivity contribution < 1.29 is 23.4 Å². The summed E-state index contributed by atoms with van der Waals surface area (Å²) in [6, 6.07) is 15.3. The van der Waals surface area contributed by atoms with Crippen molar-refractivity contribution in [2.24, 2.45) is 0 Å². The highest BCUT2D eigenvalue weighted by molar-refractivity contribution is 5.76. The van der Waals surface area contributed by atoms with Gasteiger partial charge in [-0.05, 0) is 36.6 Å². The van der Waals surface area contributed by atoms with Crippen LogP contribution in [0.5, 0.6) is 5.75 Å². The van der Waals surface area contributed by atoms with Crippen LogP contribution in [0.4, 0.5) is 8.78 Å². The molecule has 0 saturated heterocycles. The zero-order chi connectivity index (χ0) is 18.3. The number of benzene rings is 2. The molecule has 0 spiro atoms. The lowest BCUT2D eigenvalue weighted by Gasteiger charge is -2.24. The molecule has 1 amide bonds. The molecule has 0 radical (unpaired) electrons. The maximum absolute atomic E-state index is 12.1. The van der Waals surface area contributed by atoms with Gasteiger partial charge < -0.3 is 15.2 Å². The van der Waals surface area contributed by atoms with Gasteiger partial charge in [0.2, 0.25) is 5.91 Å². The van der Waals surface area contributed by atoms with Gasteiger partial charge in [-0.25, -0.2) is 0 Å². The summed E-state index contributed by atoms with van der Waals surface area (Å²) in [4.78, 5) is 12.0. The molecule has 0 saturated carbocycles. The Morgan fingerprint density at radius 2 is 1.80 bits per heavy atom. The second kappa shape index (κ2) is 8.58. The fourth-order valence-corrected chi connectivity index (χ4v) is 2.35. The standard InChI is InChI=1S/C19H21F2NO3/c1-19(24,15-5-3-2-4-6-15)13-22-17(23)12-9-14-7-10-16(11-8-14)25-18(20)21/h2-8,10-11,18,24H,9,12-13H2,1H3,(H,22,23). The number of hydrogen-bond acceptors (Lipinski definition) is 3. The van der Waals surface area contributed by atoms with Crippen molar-refractivity contribution in [2.75, 3.05) is 6.54 Å². The molecule has 1 atom stereocenters. The Morgan fingerprint density at radius 1 is 1.16 bits per heavy atom. The number of ether oxygens (including phenoxy) is 1. The molecular formula is C19H21F2NO3. The van der Waals surface area contributed by atoms with Crippen LogP contribution in [-0.2, 0) is 16.8 Å². The number of aryl methyl sites for hydroxylation is 1. The number of alkyl halides is 2. The molecule has 25 heavy (non-hydrogen) atoms. The number of hydrogen-bond donors (Lipinski definition) is 2. The Kier molecular flexibility index (Phi) is 6.47. The van der Waals surface area contributed by atoms with Crippen LogP contribution in [0.15, 0.2) is 54.6 Å². The lowest BCUT2D eigenvalue weighted by molar-refractivity contribution is -0.122. The molecule has 2 aromatic rings. The lowest BCUT2D eigenvalue weighted by Crippen LogP contribution is -2.38. The van der Waals surface area contributed by atoms with Crippen LogP contribution in [0.2, 0.25) is 0 Å². The van der Waals surface area contributed by atoms with E-state index < -0.39 is 12.2 Å². The number of rotatable bonds is 8. The fourth-order valence-electron chi connectivity index (χ4n) is 2.35. The first-order valence-corrected chi connectivity index (χ1v) is 7.95. The lowest BCUT2D eigenvalue weighted by atomic mass is 9.96. The summed E-state index contributed by atoms with van der Waals surface area (Å²) in [5.41, 5.74) is 0.419. The molecule has 4 nitrogen and oxygen atoms in total. The molecule has 6 heteroatoms. The first-order chi connectivity index (χ1) is 11.9. The topological polar surface area (TPSA) is 58.6 Å². The van der Waals surface area contributed by atoms with Gasteiger partial charge in [0.15, 0.2) is 0 Å². The van der Waals surface area contributed by atoms with Crippen molar-refractivity contribution in [1.82, 2.24) is 5.32 Å². The van der Waals surface area contributed by atoms with Crippen molar-refractivity contribution >= 4 is 5.91 Å². The van der Waals surface area contributed by atoms with Crippen LogP contribution >= 0.6 is 0 Å². The van der Waals surface area contributed by atoms with Gasteiger partial charge in [-0.1, -0.05) is 42.5 Å². The van der Waals surface area contributed by atoms with E-state index in [9.17, 15) is 18.7 Å². The Hall–Kier alpha value is -2.47. The van der Waals surface area contributed by atoms with Crippen molar-refractivity contribution in [2.45, 2.75) is 32.0 Å². The molecule has 2 aromatic carbocycles. The summed E-state index contributed by atoms with van der Waals surface area (Å²) < 4.78 is 28.4. The van der Waals surface area contributed by atoms with E-state index in [0.717, 1.165) is 11.1 Å². The average molecular weight is 349 g/mol. The van der Waals surface area contributed by atoms with E-state index in [1.807, 2.05) is 18.2 Å². The number of carbonyl (C=O) groups is 1. The predicted octanol–water partition coefficient (Wildman–Crippen LogP) is 3.24. The van der Waals surface area contributed by atoms with Crippen molar-refractivity contribution in [3.8, 4) is 5.75 Å². The highest BCUT2D eigenvalue weighted by Gasteiger charge is 2.23. The highest BCUT2D eigenvalue weighted by atomic mass is 19.3. The smallest absolute Gasteiger partial charge is 0.387 e. The SMILES string of the molecule is CC(O)(CNC(=O)CCc1ccc(OC(F)F)cc1)c1ccccc1. The van der Waals surface area contributed by atoms with Crippen LogP contribution in [0.3, 0.4) is 0 Å². The summed E-state index contributed by atoms with van der Waals surface area (Å²) in [5.74, 6) is -0.105. The van der Waals surface area contributed by atoms with Crippen molar-refractivity contribution in [3.05, 3.63) is 65.7 Å². The molecule has 1 unspecified atom stereocenters. The number of halogens is 2. The maximum atomic E-state index is 12.1. The zero-order valence-electron chi connectivity index (χ0n) is 13.9. The Labute approximate surface area is 145 Å². The third-order valence-corrected chi connectivity index (χ3v) is 3.81. The third kappa shape index (κ3) is 6.15. The molecule has 0 fully saturated rings. The van der Waals surface area contributed by atoms with Gasteiger partial charge in [0.05, 0.1) is 6.54 Å². The average Bonchev–Trinajstić information content (AvgIpc) is 2.60. The van der Waals surface area contributed by atoms with E-state index in [4.69, 9.17) is 0 Å². The minimum atomic E-state index is -2.85. The number of amides is 1. The molecule has 0 aromatic heterocycles. The summed E-state index contributed by atoms with van der Waals surface area (Å²) in [6.45, 7) is -1.10. The van der Waals surface area contributed by atoms with E-state index in [2.05, 4.69) is 10.1 Å². The number of aliphatic hydroxyl groups is 1. The Morgan fingerprint density at radius 3 is 2.40 bits per heavy atom. The first-order valence-electron chi connectivity index (χ1n) is 7.95. The molecule has 134 valence electrons. The molecule has 0 aliphatic rings. The van der Waals surface area contributed by atoms with E-state index in [-0.39, 0.29) is 24.6 Å². The minimum Gasteiger partial charge on any atom is -0.435 e. The van der Waals surface area contributed by atoms with Crippen LogP contribution in [0, 0.1) is 0 Å². The predicted molar refractivity (Wildman–Crippen MR) is 90.4 cm³/mol. The van der Waals surface area contributed by atoms with Gasteiger partial charge in [-0.15, -0.1) is 0 Å². The first kappa shape index (κ1) is 18.9. The zero-order valence-corrected chi connectivity index (χ0v) is 13.9. The van der Waals surface area contributed by atoms with Crippen LogP contribution in [-0.4, -0.2) is 24.2 Å². The molecular weight excluding hydrogens is 328 g/mol. The molecule has 0 bridgehead atoms. The number of carbonyl (C=O) groups excluding carboxylic acids is 1. The Bertz CT molecular complexity index is 673. The summed E-state index contributed by atoms with van der Waals surface area (Å²) >= 11 is 0. The van der Waals surface area contributed by atoms with Gasteiger partial charge in [0.1, 0.15) is 11.4 Å². The summed E-state index contributed by atoms with van der Waals surface area (Å²) in [6.07, 6.45) is 0.703. The minimum absolute atomic E-state index is 0.0853. The normalized spacial score (nSPS) is 13.3. The summed E-state index contributed by atoms with van der Waals surface area (Å²) in [5, 5.41) is 13.1. The molecule has 0 heterocycles. The maximum Gasteiger partial charge on any atom is 0.387 e. The number of nitrogens with one attached hydrogen (secondary N) is 1. The quantitative estimate of drug-likeness (QED) is 0.769. The van der Waals surface area contributed by atoms with Crippen LogP contribution in [0.1, 0.15) is 24.5 Å². The van der Waals surface area contributed by atoms with Crippen LogP contribution in [0.25, 0.3) is 0 Å². The van der Waals surface area contributed by atoms with E-state index in [1.165, 1.54) is 12.1 Å². The highest BCUT2D eigenvalue weighted by Crippen LogP contribution is 2.19. The van der Waals surface area contributed by atoms with Gasteiger partial charge in [-0.2, -0.15) is 8.78 Å². The van der Waals surface area contributed by atoms with Crippen LogP contribution < -0.4 is 10.1 Å². The van der Waals surface area contributed by atoms with Gasteiger partial charge in [0, 0.05) is 6.42 Å². The van der Waals surface area contributed by atoms with Gasteiger partial charge >= 0.3 is 6.61 Å². The van der Waals surface area contributed by atoms with E-state index >= 15 is 0 Å².